The van der Waals surface area contributed by atoms with Crippen molar-refractivity contribution in [3.05, 3.63) is 27.5 Å². The average molecular weight is 362 g/mol. The molecule has 0 saturated heterocycles. The summed E-state index contributed by atoms with van der Waals surface area (Å²) in [5, 5.41) is 0. The molecule has 0 amide bonds. The summed E-state index contributed by atoms with van der Waals surface area (Å²) < 4.78 is 67.4. The molecule has 0 aliphatic heterocycles. The summed E-state index contributed by atoms with van der Waals surface area (Å²) in [5.74, 6) is -0.812. The molecule has 0 bridgehead atoms. The lowest BCUT2D eigenvalue weighted by molar-refractivity contribution is -0.143. The van der Waals surface area contributed by atoms with Crippen LogP contribution in [-0.2, 0) is 22.1 Å². The molecule has 1 heterocycles. The number of rotatable bonds is 4. The molecule has 9 heteroatoms. The summed E-state index contributed by atoms with van der Waals surface area (Å²) in [6.07, 6.45) is -8.64. The zero-order valence-electron chi connectivity index (χ0n) is 10.1. The maximum atomic E-state index is 12.7. The van der Waals surface area contributed by atoms with Crippen LogP contribution in [0.25, 0.3) is 0 Å². The molecule has 20 heavy (non-hydrogen) atoms. The topological polar surface area (TPSA) is 39.2 Å². The molecule has 3 nitrogen and oxygen atoms in total. The molecule has 0 aliphatic rings. The summed E-state index contributed by atoms with van der Waals surface area (Å²) >= 11 is 2.74. The van der Waals surface area contributed by atoms with E-state index in [1.54, 1.807) is 0 Å². The number of hydrogen-bond acceptors (Lipinski definition) is 3. The predicted molar refractivity (Wildman–Crippen MR) is 62.2 cm³/mol. The summed E-state index contributed by atoms with van der Waals surface area (Å²) in [6.45, 7) is 1.56. The summed E-state index contributed by atoms with van der Waals surface area (Å²) in [6, 6.07) is 0.548. The first-order chi connectivity index (χ1) is 9.16. The first-order valence-corrected chi connectivity index (χ1v) is 6.16. The summed E-state index contributed by atoms with van der Waals surface area (Å²) in [5.41, 5.74) is -2.78. The van der Waals surface area contributed by atoms with E-state index >= 15 is 0 Å². The van der Waals surface area contributed by atoms with Crippen molar-refractivity contribution in [2.45, 2.75) is 25.9 Å². The van der Waals surface area contributed by atoms with E-state index in [2.05, 4.69) is 25.7 Å². The first-order valence-electron chi connectivity index (χ1n) is 5.37. The van der Waals surface area contributed by atoms with Crippen molar-refractivity contribution in [3.8, 4) is 0 Å². The highest BCUT2D eigenvalue weighted by atomic mass is 79.9. The Kier molecular flexibility index (Phi) is 5.43. The van der Waals surface area contributed by atoms with E-state index in [4.69, 9.17) is 0 Å². The maximum Gasteiger partial charge on any atom is 0.433 e. The van der Waals surface area contributed by atoms with Crippen LogP contribution in [0.4, 0.5) is 22.0 Å². The maximum absolute atomic E-state index is 12.7. The van der Waals surface area contributed by atoms with Gasteiger partial charge in [-0.05, 0) is 34.5 Å². The number of esters is 1. The fourth-order valence-corrected chi connectivity index (χ4v) is 1.91. The number of ether oxygens (including phenoxy) is 1. The zero-order valence-corrected chi connectivity index (χ0v) is 11.7. The minimum Gasteiger partial charge on any atom is -0.466 e. The molecule has 0 radical (unpaired) electrons. The van der Waals surface area contributed by atoms with Crippen LogP contribution in [0.5, 0.6) is 0 Å². The van der Waals surface area contributed by atoms with Gasteiger partial charge in [0.2, 0.25) is 0 Å². The molecule has 0 N–H and O–H groups in total. The van der Waals surface area contributed by atoms with Crippen molar-refractivity contribution in [1.29, 1.82) is 0 Å². The molecule has 0 aromatic carbocycles. The Morgan fingerprint density at radius 3 is 2.50 bits per heavy atom. The number of hydrogen-bond donors (Lipinski definition) is 0. The Hall–Kier alpha value is -1.25. The Bertz CT molecular complexity index is 504. The molecule has 0 saturated carbocycles. The van der Waals surface area contributed by atoms with Gasteiger partial charge in [-0.1, -0.05) is 0 Å². The Balaban J connectivity index is 3.28. The number of aromatic nitrogens is 1. The number of halogens is 6. The van der Waals surface area contributed by atoms with Gasteiger partial charge in [0.25, 0.3) is 6.43 Å². The molecule has 1 aromatic rings. The van der Waals surface area contributed by atoms with E-state index in [0.717, 1.165) is 0 Å². The van der Waals surface area contributed by atoms with Crippen LogP contribution in [0.1, 0.15) is 30.3 Å². The van der Waals surface area contributed by atoms with Crippen LogP contribution in [0.2, 0.25) is 0 Å². The van der Waals surface area contributed by atoms with Gasteiger partial charge >= 0.3 is 12.1 Å². The molecule has 0 fully saturated rings. The van der Waals surface area contributed by atoms with Gasteiger partial charge in [-0.15, -0.1) is 0 Å². The number of carbonyl (C=O) groups is 1. The molecule has 112 valence electrons. The predicted octanol–water partition coefficient (Wildman–Crippen LogP) is 3.91. The SMILES string of the molecule is CCOC(=O)Cc1cc(C(F)(F)F)nc(C(F)F)c1Br. The third-order valence-corrected chi connectivity index (χ3v) is 3.11. The van der Waals surface area contributed by atoms with Gasteiger partial charge in [-0.3, -0.25) is 4.79 Å². The molecule has 0 spiro atoms. The average Bonchev–Trinajstić information content (AvgIpc) is 2.30. The van der Waals surface area contributed by atoms with E-state index in [1.165, 1.54) is 6.92 Å². The quantitative estimate of drug-likeness (QED) is 0.602. The van der Waals surface area contributed by atoms with E-state index in [-0.39, 0.29) is 16.6 Å². The lowest BCUT2D eigenvalue weighted by Crippen LogP contribution is -2.14. The Morgan fingerprint density at radius 1 is 1.45 bits per heavy atom. The fourth-order valence-electron chi connectivity index (χ4n) is 1.39. The third-order valence-electron chi connectivity index (χ3n) is 2.20. The minimum absolute atomic E-state index is 0.0371. The molecule has 0 aliphatic carbocycles. The van der Waals surface area contributed by atoms with E-state index in [9.17, 15) is 26.7 Å². The van der Waals surface area contributed by atoms with E-state index in [1.807, 2.05) is 0 Å². The van der Waals surface area contributed by atoms with Crippen molar-refractivity contribution in [2.75, 3.05) is 6.61 Å². The highest BCUT2D eigenvalue weighted by Gasteiger charge is 2.35. The Morgan fingerprint density at radius 2 is 2.05 bits per heavy atom. The van der Waals surface area contributed by atoms with Crippen LogP contribution in [0, 0.1) is 0 Å². The van der Waals surface area contributed by atoms with Gasteiger partial charge in [-0.25, -0.2) is 13.8 Å². The van der Waals surface area contributed by atoms with Gasteiger partial charge < -0.3 is 4.74 Å². The first kappa shape index (κ1) is 16.8. The van der Waals surface area contributed by atoms with Gasteiger partial charge in [0.15, 0.2) is 0 Å². The monoisotopic (exact) mass is 361 g/mol. The minimum atomic E-state index is -4.88. The van der Waals surface area contributed by atoms with E-state index < -0.39 is 36.4 Å². The van der Waals surface area contributed by atoms with Crippen LogP contribution >= 0.6 is 15.9 Å². The van der Waals surface area contributed by atoms with Crippen molar-refractivity contribution >= 4 is 21.9 Å². The lowest BCUT2D eigenvalue weighted by atomic mass is 10.1. The van der Waals surface area contributed by atoms with Crippen molar-refractivity contribution in [3.63, 3.8) is 0 Å². The number of carbonyl (C=O) groups excluding carboxylic acids is 1. The highest BCUT2D eigenvalue weighted by Crippen LogP contribution is 2.35. The number of pyridine rings is 1. The van der Waals surface area contributed by atoms with Gasteiger partial charge in [0, 0.05) is 4.47 Å². The van der Waals surface area contributed by atoms with Gasteiger partial charge in [0.1, 0.15) is 11.4 Å². The van der Waals surface area contributed by atoms with Gasteiger partial charge in [-0.2, -0.15) is 13.2 Å². The molecule has 0 atom stereocenters. The molecular weight excluding hydrogens is 353 g/mol. The largest absolute Gasteiger partial charge is 0.466 e. The molecule has 0 unspecified atom stereocenters. The van der Waals surface area contributed by atoms with Crippen LogP contribution in [-0.4, -0.2) is 17.6 Å². The second-order valence-electron chi connectivity index (χ2n) is 3.65. The second-order valence-corrected chi connectivity index (χ2v) is 4.44. The number of alkyl halides is 5. The summed E-state index contributed by atoms with van der Waals surface area (Å²) in [7, 11) is 0. The fraction of sp³-hybridized carbons (Fsp3) is 0.455. The second kappa shape index (κ2) is 6.47. The molecular formula is C11H9BrF5NO2. The number of nitrogens with zero attached hydrogens (tertiary/aromatic N) is 1. The molecule has 1 aromatic heterocycles. The van der Waals surface area contributed by atoms with Gasteiger partial charge in [0.05, 0.1) is 13.0 Å². The van der Waals surface area contributed by atoms with E-state index in [0.29, 0.717) is 6.07 Å². The van der Waals surface area contributed by atoms with Crippen LogP contribution in [0.3, 0.4) is 0 Å². The van der Waals surface area contributed by atoms with Crippen molar-refractivity contribution in [2.24, 2.45) is 0 Å². The van der Waals surface area contributed by atoms with Crippen molar-refractivity contribution in [1.82, 2.24) is 4.98 Å². The van der Waals surface area contributed by atoms with Crippen LogP contribution in [0.15, 0.2) is 10.5 Å². The lowest BCUT2D eigenvalue weighted by Gasteiger charge is -2.13. The Labute approximate surface area is 119 Å². The highest BCUT2D eigenvalue weighted by molar-refractivity contribution is 9.10. The van der Waals surface area contributed by atoms with Crippen LogP contribution < -0.4 is 0 Å². The standard InChI is InChI=1S/C11H9BrF5NO2/c1-2-20-7(19)4-5-3-6(11(15,16)17)18-9(8(5)12)10(13)14/h3,10H,2,4H2,1H3. The summed E-state index contributed by atoms with van der Waals surface area (Å²) in [4.78, 5) is 14.2. The zero-order chi connectivity index (χ0) is 15.5. The molecule has 1 rings (SSSR count). The third kappa shape index (κ3) is 4.12. The normalized spacial score (nSPS) is 11.8. The van der Waals surface area contributed by atoms with Crippen molar-refractivity contribution < 1.29 is 31.5 Å². The smallest absolute Gasteiger partial charge is 0.433 e.